The summed E-state index contributed by atoms with van der Waals surface area (Å²) in [5.41, 5.74) is 1.81. The number of rotatable bonds is 4. The summed E-state index contributed by atoms with van der Waals surface area (Å²) < 4.78 is 2.05. The van der Waals surface area contributed by atoms with Gasteiger partial charge >= 0.3 is 0 Å². The van der Waals surface area contributed by atoms with Crippen LogP contribution in [-0.4, -0.2) is 39.3 Å². The van der Waals surface area contributed by atoms with Gasteiger partial charge in [-0.1, -0.05) is 0 Å². The van der Waals surface area contributed by atoms with Crippen molar-refractivity contribution in [3.63, 3.8) is 0 Å². The van der Waals surface area contributed by atoms with Gasteiger partial charge in [0.15, 0.2) is 5.65 Å². The van der Waals surface area contributed by atoms with Gasteiger partial charge in [-0.25, -0.2) is 9.97 Å². The van der Waals surface area contributed by atoms with Crippen LogP contribution in [-0.2, 0) is 13.0 Å². The lowest BCUT2D eigenvalue weighted by Gasteiger charge is -2.10. The molecule has 0 aromatic carbocycles. The maximum Gasteiger partial charge on any atom is 0.160 e. The highest BCUT2D eigenvalue weighted by molar-refractivity contribution is 5.71. The fraction of sp³-hybridized carbons (Fsp3) is 0.538. The van der Waals surface area contributed by atoms with Crippen LogP contribution in [0.4, 0.5) is 0 Å². The van der Waals surface area contributed by atoms with Gasteiger partial charge in [-0.05, 0) is 37.6 Å². The highest BCUT2D eigenvalue weighted by Crippen LogP contribution is 2.19. The molecular weight excluding hydrogens is 228 g/mol. The number of nitrogens with zero attached hydrogens (tertiary/aromatic N) is 3. The molecule has 96 valence electrons. The van der Waals surface area contributed by atoms with Gasteiger partial charge in [-0.3, -0.25) is 0 Å². The number of pyridine rings is 1. The topological polar surface area (TPSA) is 63.0 Å². The molecule has 5 heteroatoms. The first kappa shape index (κ1) is 11.6. The fourth-order valence-corrected chi connectivity index (χ4v) is 2.64. The van der Waals surface area contributed by atoms with Crippen molar-refractivity contribution in [2.45, 2.75) is 19.4 Å². The molecular formula is C13H18N4O. The van der Waals surface area contributed by atoms with E-state index in [1.807, 2.05) is 16.7 Å². The highest BCUT2D eigenvalue weighted by atomic mass is 16.3. The molecule has 1 unspecified atom stereocenters. The van der Waals surface area contributed by atoms with E-state index in [-0.39, 0.29) is 6.61 Å². The largest absolute Gasteiger partial charge is 0.395 e. The predicted molar refractivity (Wildman–Crippen MR) is 69.3 cm³/mol. The summed E-state index contributed by atoms with van der Waals surface area (Å²) in [4.78, 5) is 9.03. The van der Waals surface area contributed by atoms with Crippen molar-refractivity contribution in [1.29, 1.82) is 0 Å². The van der Waals surface area contributed by atoms with Gasteiger partial charge in [0.1, 0.15) is 11.3 Å². The lowest BCUT2D eigenvalue weighted by atomic mass is 10.0. The molecule has 5 nitrogen and oxygen atoms in total. The first-order valence-electron chi connectivity index (χ1n) is 6.50. The van der Waals surface area contributed by atoms with Gasteiger partial charge in [-0.15, -0.1) is 0 Å². The Kier molecular flexibility index (Phi) is 3.25. The zero-order valence-electron chi connectivity index (χ0n) is 10.3. The zero-order chi connectivity index (χ0) is 12.4. The van der Waals surface area contributed by atoms with Crippen LogP contribution in [0.15, 0.2) is 18.3 Å². The number of aliphatic hydroxyl groups excluding tert-OH is 1. The van der Waals surface area contributed by atoms with E-state index in [9.17, 15) is 5.11 Å². The van der Waals surface area contributed by atoms with Crippen molar-refractivity contribution >= 4 is 11.2 Å². The Morgan fingerprint density at radius 2 is 2.44 bits per heavy atom. The summed E-state index contributed by atoms with van der Waals surface area (Å²) in [5.74, 6) is 1.70. The van der Waals surface area contributed by atoms with Crippen LogP contribution >= 0.6 is 0 Å². The van der Waals surface area contributed by atoms with Gasteiger partial charge in [0.2, 0.25) is 0 Å². The number of imidazole rings is 1. The summed E-state index contributed by atoms with van der Waals surface area (Å²) in [7, 11) is 0. The second-order valence-electron chi connectivity index (χ2n) is 4.81. The Balaban J connectivity index is 1.95. The standard InChI is InChI=1S/C13H18N4O/c18-7-6-17-12(8-10-3-5-14-9-10)16-11-2-1-4-15-13(11)17/h1-2,4,10,14,18H,3,5-9H2. The molecule has 0 radical (unpaired) electrons. The molecule has 0 amide bonds. The molecule has 1 fully saturated rings. The lowest BCUT2D eigenvalue weighted by Crippen LogP contribution is -2.15. The monoisotopic (exact) mass is 246 g/mol. The summed E-state index contributed by atoms with van der Waals surface area (Å²) in [5, 5.41) is 12.6. The maximum absolute atomic E-state index is 9.19. The number of nitrogens with one attached hydrogen (secondary N) is 1. The van der Waals surface area contributed by atoms with Crippen molar-refractivity contribution in [2.24, 2.45) is 5.92 Å². The van der Waals surface area contributed by atoms with E-state index in [2.05, 4.69) is 15.3 Å². The molecule has 0 bridgehead atoms. The Bertz CT molecular complexity index is 531. The first-order valence-corrected chi connectivity index (χ1v) is 6.50. The normalized spacial score (nSPS) is 19.7. The van der Waals surface area contributed by atoms with Gasteiger partial charge in [-0.2, -0.15) is 0 Å². The van der Waals surface area contributed by atoms with E-state index in [0.717, 1.165) is 36.5 Å². The number of hydrogen-bond donors (Lipinski definition) is 2. The molecule has 1 atom stereocenters. The number of aliphatic hydroxyl groups is 1. The lowest BCUT2D eigenvalue weighted by molar-refractivity contribution is 0.275. The molecule has 1 aliphatic rings. The van der Waals surface area contributed by atoms with E-state index in [1.54, 1.807) is 6.20 Å². The Morgan fingerprint density at radius 3 is 3.22 bits per heavy atom. The van der Waals surface area contributed by atoms with E-state index < -0.39 is 0 Å². The molecule has 18 heavy (non-hydrogen) atoms. The average Bonchev–Trinajstić information content (AvgIpc) is 3.00. The molecule has 2 N–H and O–H groups in total. The van der Waals surface area contributed by atoms with Gasteiger partial charge in [0.25, 0.3) is 0 Å². The van der Waals surface area contributed by atoms with Crippen LogP contribution in [0, 0.1) is 5.92 Å². The summed E-state index contributed by atoms with van der Waals surface area (Å²) in [6, 6.07) is 3.88. The van der Waals surface area contributed by atoms with Crippen molar-refractivity contribution < 1.29 is 5.11 Å². The molecule has 1 saturated heterocycles. The van der Waals surface area contributed by atoms with Crippen LogP contribution < -0.4 is 5.32 Å². The van der Waals surface area contributed by atoms with Crippen LogP contribution in [0.25, 0.3) is 11.2 Å². The fourth-order valence-electron chi connectivity index (χ4n) is 2.64. The number of fused-ring (bicyclic) bond motifs is 1. The second-order valence-corrected chi connectivity index (χ2v) is 4.81. The first-order chi connectivity index (χ1) is 8.88. The van der Waals surface area contributed by atoms with Crippen LogP contribution in [0.2, 0.25) is 0 Å². The highest BCUT2D eigenvalue weighted by Gasteiger charge is 2.19. The maximum atomic E-state index is 9.19. The Hall–Kier alpha value is -1.46. The molecule has 1 aliphatic heterocycles. The molecule has 0 spiro atoms. The minimum atomic E-state index is 0.123. The molecule has 0 saturated carbocycles. The number of hydrogen-bond acceptors (Lipinski definition) is 4. The van der Waals surface area contributed by atoms with Gasteiger partial charge in [0, 0.05) is 19.2 Å². The predicted octanol–water partition coefficient (Wildman–Crippen LogP) is 0.576. The SMILES string of the molecule is OCCn1c(CC2CCNC2)nc2cccnc21. The Morgan fingerprint density at radius 1 is 1.50 bits per heavy atom. The summed E-state index contributed by atoms with van der Waals surface area (Å²) in [6.07, 6.45) is 3.94. The third kappa shape index (κ3) is 2.11. The van der Waals surface area contributed by atoms with Crippen LogP contribution in [0.1, 0.15) is 12.2 Å². The van der Waals surface area contributed by atoms with Crippen LogP contribution in [0.3, 0.4) is 0 Å². The molecule has 3 rings (SSSR count). The van der Waals surface area contributed by atoms with Crippen LogP contribution in [0.5, 0.6) is 0 Å². The zero-order valence-corrected chi connectivity index (χ0v) is 10.3. The summed E-state index contributed by atoms with van der Waals surface area (Å²) >= 11 is 0. The van der Waals surface area contributed by atoms with Crippen molar-refractivity contribution in [3.05, 3.63) is 24.2 Å². The van der Waals surface area contributed by atoms with E-state index in [4.69, 9.17) is 0 Å². The molecule has 2 aromatic heterocycles. The molecule has 3 heterocycles. The smallest absolute Gasteiger partial charge is 0.160 e. The van der Waals surface area contributed by atoms with E-state index in [0.29, 0.717) is 12.5 Å². The second kappa shape index (κ2) is 5.04. The van der Waals surface area contributed by atoms with Crippen molar-refractivity contribution in [3.8, 4) is 0 Å². The van der Waals surface area contributed by atoms with E-state index in [1.165, 1.54) is 6.42 Å². The van der Waals surface area contributed by atoms with Gasteiger partial charge < -0.3 is 15.0 Å². The minimum absolute atomic E-state index is 0.123. The third-order valence-corrected chi connectivity index (χ3v) is 3.54. The molecule has 0 aliphatic carbocycles. The summed E-state index contributed by atoms with van der Waals surface area (Å²) in [6.45, 7) is 2.86. The minimum Gasteiger partial charge on any atom is -0.395 e. The molecule has 2 aromatic rings. The van der Waals surface area contributed by atoms with Crippen molar-refractivity contribution in [2.75, 3.05) is 19.7 Å². The number of aromatic nitrogens is 3. The quantitative estimate of drug-likeness (QED) is 0.828. The average molecular weight is 246 g/mol. The third-order valence-electron chi connectivity index (χ3n) is 3.54. The Labute approximate surface area is 106 Å². The van der Waals surface area contributed by atoms with Gasteiger partial charge in [0.05, 0.1) is 6.61 Å². The van der Waals surface area contributed by atoms with E-state index >= 15 is 0 Å². The van der Waals surface area contributed by atoms with Crippen molar-refractivity contribution in [1.82, 2.24) is 19.9 Å².